The molecule has 1 aromatic carbocycles. The maximum Gasteiger partial charge on any atom is 0.163 e. The summed E-state index contributed by atoms with van der Waals surface area (Å²) >= 11 is 12.0. The number of aromatic nitrogens is 2. The van der Waals surface area contributed by atoms with Gasteiger partial charge in [-0.15, -0.1) is 0 Å². The number of nitrogens with zero attached hydrogens (tertiary/aromatic N) is 2. The molecule has 2 aromatic rings. The number of halogens is 3. The summed E-state index contributed by atoms with van der Waals surface area (Å²) in [5, 5.41) is 3.97. The van der Waals surface area contributed by atoms with Gasteiger partial charge >= 0.3 is 0 Å². The summed E-state index contributed by atoms with van der Waals surface area (Å²) < 4.78 is 1.99. The summed E-state index contributed by atoms with van der Waals surface area (Å²) in [7, 11) is 0. The van der Waals surface area contributed by atoms with Gasteiger partial charge in [-0.3, -0.25) is 0 Å². The number of nitrogens with one attached hydrogen (secondary N) is 1. The van der Waals surface area contributed by atoms with Gasteiger partial charge in [0, 0.05) is 16.6 Å². The van der Waals surface area contributed by atoms with Crippen molar-refractivity contribution in [2.24, 2.45) is 0 Å². The Hall–Kier alpha value is -0.400. The highest BCUT2D eigenvalue weighted by molar-refractivity contribution is 14.1. The van der Waals surface area contributed by atoms with Gasteiger partial charge in [0.1, 0.15) is 5.82 Å². The Balaban J connectivity index is 2.48. The predicted octanol–water partition coefficient (Wildman–Crippen LogP) is 5.29. The molecule has 0 saturated carbocycles. The van der Waals surface area contributed by atoms with E-state index in [1.807, 2.05) is 25.1 Å². The minimum atomic E-state index is 0.640. The minimum absolute atomic E-state index is 0.640. The van der Waals surface area contributed by atoms with Crippen LogP contribution in [-0.2, 0) is 0 Å². The third kappa shape index (κ3) is 3.62. The van der Waals surface area contributed by atoms with Crippen molar-refractivity contribution in [1.82, 2.24) is 9.97 Å². The lowest BCUT2D eigenvalue weighted by atomic mass is 10.2. The SMILES string of the molecule is CCCNc1nc(-c2ccc(Br)cc2Cl)nc(C)c1I. The zero-order valence-corrected chi connectivity index (χ0v) is 15.7. The molecule has 1 aromatic heterocycles. The quantitative estimate of drug-likeness (QED) is 0.622. The van der Waals surface area contributed by atoms with E-state index >= 15 is 0 Å². The van der Waals surface area contributed by atoms with E-state index in [-0.39, 0.29) is 0 Å². The van der Waals surface area contributed by atoms with Crippen molar-refractivity contribution >= 4 is 55.9 Å². The first kappa shape index (κ1) is 16.0. The second kappa shape index (κ2) is 7.04. The summed E-state index contributed by atoms with van der Waals surface area (Å²) in [4.78, 5) is 9.15. The molecule has 0 saturated heterocycles. The van der Waals surface area contributed by atoms with Crippen molar-refractivity contribution in [3.05, 3.63) is 37.0 Å². The summed E-state index contributed by atoms with van der Waals surface area (Å²) in [6.07, 6.45) is 1.05. The topological polar surface area (TPSA) is 37.8 Å². The molecule has 0 atom stereocenters. The zero-order valence-electron chi connectivity index (χ0n) is 11.2. The number of rotatable bonds is 4. The average molecular weight is 467 g/mol. The second-order valence-electron chi connectivity index (χ2n) is 4.35. The van der Waals surface area contributed by atoms with E-state index in [1.54, 1.807) is 0 Å². The molecule has 0 bridgehead atoms. The molecule has 0 aliphatic heterocycles. The van der Waals surface area contributed by atoms with Gasteiger partial charge in [0.25, 0.3) is 0 Å². The van der Waals surface area contributed by atoms with Crippen LogP contribution < -0.4 is 5.32 Å². The largest absolute Gasteiger partial charge is 0.369 e. The molecule has 0 radical (unpaired) electrons. The van der Waals surface area contributed by atoms with Crippen molar-refractivity contribution in [1.29, 1.82) is 0 Å². The van der Waals surface area contributed by atoms with Crippen LogP contribution in [0.3, 0.4) is 0 Å². The third-order valence-electron chi connectivity index (χ3n) is 2.73. The smallest absolute Gasteiger partial charge is 0.163 e. The van der Waals surface area contributed by atoms with Crippen LogP contribution in [0.5, 0.6) is 0 Å². The summed E-state index contributed by atoms with van der Waals surface area (Å²) in [5.74, 6) is 1.52. The number of hydrogen-bond acceptors (Lipinski definition) is 3. The van der Waals surface area contributed by atoms with Crippen LogP contribution in [0.15, 0.2) is 22.7 Å². The molecular formula is C14H14BrClIN3. The first-order valence-corrected chi connectivity index (χ1v) is 8.51. The number of aryl methyl sites for hydroxylation is 1. The fourth-order valence-corrected chi connectivity index (χ4v) is 2.90. The van der Waals surface area contributed by atoms with Crippen LogP contribution in [0.4, 0.5) is 5.82 Å². The molecule has 20 heavy (non-hydrogen) atoms. The Morgan fingerprint density at radius 1 is 1.35 bits per heavy atom. The van der Waals surface area contributed by atoms with Crippen LogP contribution >= 0.6 is 50.1 Å². The van der Waals surface area contributed by atoms with Crippen LogP contribution in [0, 0.1) is 10.5 Å². The van der Waals surface area contributed by atoms with E-state index < -0.39 is 0 Å². The summed E-state index contributed by atoms with van der Waals surface area (Å²) in [6.45, 7) is 5.00. The summed E-state index contributed by atoms with van der Waals surface area (Å²) in [6, 6.07) is 5.72. The van der Waals surface area contributed by atoms with Crippen molar-refractivity contribution in [2.45, 2.75) is 20.3 Å². The van der Waals surface area contributed by atoms with Crippen LogP contribution in [0.2, 0.25) is 5.02 Å². The molecule has 0 unspecified atom stereocenters. The van der Waals surface area contributed by atoms with Crippen LogP contribution in [0.1, 0.15) is 19.0 Å². The monoisotopic (exact) mass is 465 g/mol. The molecule has 0 fully saturated rings. The van der Waals surface area contributed by atoms with E-state index in [9.17, 15) is 0 Å². The highest BCUT2D eigenvalue weighted by Gasteiger charge is 2.13. The standard InChI is InChI=1S/C14H14BrClIN3/c1-3-6-18-14-12(17)8(2)19-13(20-14)10-5-4-9(15)7-11(10)16/h4-5,7H,3,6H2,1-2H3,(H,18,19,20). The van der Waals surface area contributed by atoms with Crippen molar-refractivity contribution in [2.75, 3.05) is 11.9 Å². The Bertz CT molecular complexity index is 634. The van der Waals surface area contributed by atoms with E-state index in [4.69, 9.17) is 11.6 Å². The lowest BCUT2D eigenvalue weighted by Crippen LogP contribution is -2.07. The van der Waals surface area contributed by atoms with Gasteiger partial charge in [-0.1, -0.05) is 34.5 Å². The average Bonchev–Trinajstić information content (AvgIpc) is 2.40. The van der Waals surface area contributed by atoms with E-state index in [2.05, 4.69) is 60.7 Å². The molecule has 106 valence electrons. The Morgan fingerprint density at radius 3 is 2.75 bits per heavy atom. The fourth-order valence-electron chi connectivity index (χ4n) is 1.71. The number of anilines is 1. The van der Waals surface area contributed by atoms with Gasteiger partial charge < -0.3 is 5.32 Å². The molecule has 0 amide bonds. The Morgan fingerprint density at radius 2 is 2.10 bits per heavy atom. The maximum absolute atomic E-state index is 6.28. The second-order valence-corrected chi connectivity index (χ2v) is 6.75. The van der Waals surface area contributed by atoms with E-state index in [0.29, 0.717) is 10.8 Å². The summed E-state index contributed by atoms with van der Waals surface area (Å²) in [5.41, 5.74) is 1.79. The highest BCUT2D eigenvalue weighted by Crippen LogP contribution is 2.30. The van der Waals surface area contributed by atoms with E-state index in [0.717, 1.165) is 38.1 Å². The van der Waals surface area contributed by atoms with Gasteiger partial charge in [-0.25, -0.2) is 9.97 Å². The molecule has 0 spiro atoms. The van der Waals surface area contributed by atoms with Gasteiger partial charge in [-0.2, -0.15) is 0 Å². The fraction of sp³-hybridized carbons (Fsp3) is 0.286. The lowest BCUT2D eigenvalue weighted by Gasteiger charge is -2.11. The molecule has 6 heteroatoms. The van der Waals surface area contributed by atoms with Gasteiger partial charge in [-0.05, 0) is 54.1 Å². The van der Waals surface area contributed by atoms with Crippen molar-refractivity contribution < 1.29 is 0 Å². The molecule has 3 nitrogen and oxygen atoms in total. The van der Waals surface area contributed by atoms with Crippen molar-refractivity contribution in [3.8, 4) is 11.4 Å². The zero-order chi connectivity index (χ0) is 14.7. The Labute approximate surface area is 145 Å². The molecule has 1 N–H and O–H groups in total. The first-order chi connectivity index (χ1) is 9.52. The number of benzene rings is 1. The first-order valence-electron chi connectivity index (χ1n) is 6.26. The normalized spacial score (nSPS) is 10.7. The molecule has 1 heterocycles. The molecule has 2 rings (SSSR count). The third-order valence-corrected chi connectivity index (χ3v) is 4.83. The van der Waals surface area contributed by atoms with Crippen molar-refractivity contribution in [3.63, 3.8) is 0 Å². The molecular weight excluding hydrogens is 452 g/mol. The molecule has 0 aliphatic carbocycles. The highest BCUT2D eigenvalue weighted by atomic mass is 127. The predicted molar refractivity (Wildman–Crippen MR) is 96.4 cm³/mol. The molecule has 0 aliphatic rings. The van der Waals surface area contributed by atoms with Gasteiger partial charge in [0.2, 0.25) is 0 Å². The lowest BCUT2D eigenvalue weighted by molar-refractivity contribution is 0.958. The number of hydrogen-bond donors (Lipinski definition) is 1. The Kier molecular flexibility index (Phi) is 5.63. The minimum Gasteiger partial charge on any atom is -0.369 e. The van der Waals surface area contributed by atoms with Crippen LogP contribution in [-0.4, -0.2) is 16.5 Å². The van der Waals surface area contributed by atoms with E-state index in [1.165, 1.54) is 0 Å². The maximum atomic E-state index is 6.28. The van der Waals surface area contributed by atoms with Gasteiger partial charge in [0.15, 0.2) is 5.82 Å². The van der Waals surface area contributed by atoms with Crippen LogP contribution in [0.25, 0.3) is 11.4 Å². The van der Waals surface area contributed by atoms with Gasteiger partial charge in [0.05, 0.1) is 14.3 Å².